The third kappa shape index (κ3) is 2.91. The van der Waals surface area contributed by atoms with Crippen LogP contribution in [0.1, 0.15) is 28.7 Å². The van der Waals surface area contributed by atoms with E-state index in [4.69, 9.17) is 23.7 Å². The summed E-state index contributed by atoms with van der Waals surface area (Å²) >= 11 is 0. The van der Waals surface area contributed by atoms with Crippen molar-refractivity contribution in [2.24, 2.45) is 11.8 Å². The van der Waals surface area contributed by atoms with Crippen LogP contribution in [0.5, 0.6) is 23.0 Å². The second-order valence-electron chi connectivity index (χ2n) is 8.87. The van der Waals surface area contributed by atoms with Crippen LogP contribution in [0.15, 0.2) is 54.6 Å². The molecule has 7 rings (SSSR count). The van der Waals surface area contributed by atoms with Crippen molar-refractivity contribution in [3.63, 3.8) is 0 Å². The van der Waals surface area contributed by atoms with E-state index >= 15 is 0 Å². The Hall–Kier alpha value is -3.94. The highest BCUT2D eigenvalue weighted by molar-refractivity contribution is 5.79. The predicted octanol–water partition coefficient (Wildman–Crippen LogP) is 4.37. The molecule has 7 nitrogen and oxygen atoms in total. The Labute approximate surface area is 194 Å². The molecule has 34 heavy (non-hydrogen) atoms. The lowest BCUT2D eigenvalue weighted by Gasteiger charge is -2.39. The molecule has 1 saturated heterocycles. The number of hydrogen-bond donors (Lipinski definition) is 1. The molecule has 0 bridgehead atoms. The van der Waals surface area contributed by atoms with E-state index in [0.29, 0.717) is 23.0 Å². The third-order valence-electron chi connectivity index (χ3n) is 7.11. The van der Waals surface area contributed by atoms with Gasteiger partial charge in [-0.1, -0.05) is 6.07 Å². The van der Waals surface area contributed by atoms with E-state index in [0.717, 1.165) is 22.4 Å². The first-order valence-electron chi connectivity index (χ1n) is 11.2. The van der Waals surface area contributed by atoms with Crippen LogP contribution in [-0.2, 0) is 9.53 Å². The number of nitrogens with one attached hydrogen (secondary N) is 1. The lowest BCUT2D eigenvalue weighted by molar-refractivity contribution is -0.141. The molecule has 0 radical (unpaired) electrons. The molecule has 3 aromatic rings. The van der Waals surface area contributed by atoms with Gasteiger partial charge in [-0.05, 0) is 65.2 Å². The Balaban J connectivity index is 1.40. The number of anilines is 1. The number of carbonyl (C=O) groups excluding carboxylic acids is 1. The highest BCUT2D eigenvalue weighted by Crippen LogP contribution is 2.55. The van der Waals surface area contributed by atoms with Crippen LogP contribution in [0.2, 0.25) is 0 Å². The van der Waals surface area contributed by atoms with Crippen molar-refractivity contribution in [3.8, 4) is 23.0 Å². The molecule has 0 amide bonds. The Bertz CT molecular complexity index is 1310. The largest absolute Gasteiger partial charge is 0.465 e. The molecule has 4 aliphatic rings. The standard InChI is InChI=1S/C26H20FNO6/c27-14-2-4-15(5-3-14)28-25-17-9-22-21(33-12-34-22)8-16(17)23(24-18(25)10-30-26(24)29)13-1-6-19-20(7-13)32-11-31-19/h1-9,18,23-25,28H,10-12H2/t18-,23-,24-,25+/m0/s1. The monoisotopic (exact) mass is 461 g/mol. The molecule has 1 aliphatic carbocycles. The lowest BCUT2D eigenvalue weighted by atomic mass is 9.65. The van der Waals surface area contributed by atoms with Crippen molar-refractivity contribution in [1.29, 1.82) is 0 Å². The summed E-state index contributed by atoms with van der Waals surface area (Å²) in [6.45, 7) is 0.617. The van der Waals surface area contributed by atoms with Gasteiger partial charge in [0, 0.05) is 17.5 Å². The molecule has 3 aliphatic heterocycles. The van der Waals surface area contributed by atoms with Crippen molar-refractivity contribution in [2.45, 2.75) is 12.0 Å². The zero-order valence-corrected chi connectivity index (χ0v) is 18.0. The molecule has 8 heteroatoms. The molecule has 0 aromatic heterocycles. The molecule has 0 spiro atoms. The summed E-state index contributed by atoms with van der Waals surface area (Å²) in [5.41, 5.74) is 3.66. The van der Waals surface area contributed by atoms with Gasteiger partial charge in [-0.25, -0.2) is 4.39 Å². The highest BCUT2D eigenvalue weighted by atomic mass is 19.1. The van der Waals surface area contributed by atoms with E-state index in [1.165, 1.54) is 12.1 Å². The first-order chi connectivity index (χ1) is 16.7. The van der Waals surface area contributed by atoms with Gasteiger partial charge in [0.05, 0.1) is 18.6 Å². The number of carbonyl (C=O) groups is 1. The van der Waals surface area contributed by atoms with Gasteiger partial charge in [0.15, 0.2) is 23.0 Å². The fourth-order valence-electron chi connectivity index (χ4n) is 5.58. The molecule has 3 heterocycles. The normalized spacial score (nSPS) is 25.5. The maximum Gasteiger partial charge on any atom is 0.310 e. The maximum atomic E-state index is 13.5. The quantitative estimate of drug-likeness (QED) is 0.581. The number of rotatable bonds is 3. The summed E-state index contributed by atoms with van der Waals surface area (Å²) in [6.07, 6.45) is 0. The lowest BCUT2D eigenvalue weighted by Crippen LogP contribution is -2.37. The summed E-state index contributed by atoms with van der Waals surface area (Å²) in [4.78, 5) is 13.1. The van der Waals surface area contributed by atoms with Crippen LogP contribution >= 0.6 is 0 Å². The number of ether oxygens (including phenoxy) is 5. The maximum absolute atomic E-state index is 13.5. The van der Waals surface area contributed by atoms with E-state index in [2.05, 4.69) is 5.32 Å². The highest BCUT2D eigenvalue weighted by Gasteiger charge is 2.52. The van der Waals surface area contributed by atoms with Crippen molar-refractivity contribution >= 4 is 11.7 Å². The Morgan fingerprint density at radius 3 is 2.21 bits per heavy atom. The Morgan fingerprint density at radius 2 is 1.44 bits per heavy atom. The van der Waals surface area contributed by atoms with Gasteiger partial charge < -0.3 is 29.0 Å². The van der Waals surface area contributed by atoms with Gasteiger partial charge in [-0.3, -0.25) is 4.79 Å². The molecule has 1 fully saturated rings. The molecular formula is C26H20FNO6. The fourth-order valence-corrected chi connectivity index (χ4v) is 5.58. The topological polar surface area (TPSA) is 75.3 Å². The van der Waals surface area contributed by atoms with Crippen molar-refractivity contribution in [1.82, 2.24) is 0 Å². The Kier molecular flexibility index (Phi) is 4.18. The third-order valence-corrected chi connectivity index (χ3v) is 7.11. The minimum absolute atomic E-state index is 0.138. The first kappa shape index (κ1) is 19.5. The second-order valence-corrected chi connectivity index (χ2v) is 8.87. The van der Waals surface area contributed by atoms with Crippen LogP contribution in [0, 0.1) is 17.7 Å². The summed E-state index contributed by atoms with van der Waals surface area (Å²) in [6, 6.07) is 15.7. The molecule has 0 saturated carbocycles. The van der Waals surface area contributed by atoms with Crippen LogP contribution < -0.4 is 24.3 Å². The average molecular weight is 461 g/mol. The first-order valence-corrected chi connectivity index (χ1v) is 11.2. The number of fused-ring (bicyclic) bond motifs is 4. The van der Waals surface area contributed by atoms with Gasteiger partial charge in [0.25, 0.3) is 0 Å². The molecular weight excluding hydrogens is 441 g/mol. The van der Waals surface area contributed by atoms with Crippen molar-refractivity contribution in [3.05, 3.63) is 77.1 Å². The molecule has 1 N–H and O–H groups in total. The van der Waals surface area contributed by atoms with Crippen LogP contribution in [-0.4, -0.2) is 26.2 Å². The zero-order valence-electron chi connectivity index (χ0n) is 18.0. The van der Waals surface area contributed by atoms with E-state index in [1.807, 2.05) is 30.3 Å². The van der Waals surface area contributed by atoms with Gasteiger partial charge in [-0.2, -0.15) is 0 Å². The second kappa shape index (κ2) is 7.28. The van der Waals surface area contributed by atoms with E-state index < -0.39 is 5.92 Å². The number of esters is 1. The summed E-state index contributed by atoms with van der Waals surface area (Å²) < 4.78 is 41.6. The minimum Gasteiger partial charge on any atom is -0.465 e. The fraction of sp³-hybridized carbons (Fsp3) is 0.269. The van der Waals surface area contributed by atoms with E-state index in [1.54, 1.807) is 12.1 Å². The SMILES string of the molecule is O=C1OC[C@H]2[C@H]1[C@@H](c1ccc3c(c1)OCO3)c1cc3c(cc1[C@H]2Nc1ccc(F)cc1)OCO3. The molecule has 3 aromatic carbocycles. The molecule has 0 unspecified atom stereocenters. The average Bonchev–Trinajstić information content (AvgIpc) is 3.59. The van der Waals surface area contributed by atoms with Gasteiger partial charge in [-0.15, -0.1) is 0 Å². The minimum atomic E-state index is -0.411. The molecule has 172 valence electrons. The Morgan fingerprint density at radius 1 is 0.765 bits per heavy atom. The van der Waals surface area contributed by atoms with E-state index in [9.17, 15) is 9.18 Å². The van der Waals surface area contributed by atoms with Crippen LogP contribution in [0.3, 0.4) is 0 Å². The van der Waals surface area contributed by atoms with Gasteiger partial charge in [0.1, 0.15) is 5.82 Å². The van der Waals surface area contributed by atoms with Crippen molar-refractivity contribution in [2.75, 3.05) is 25.5 Å². The van der Waals surface area contributed by atoms with Crippen LogP contribution in [0.4, 0.5) is 10.1 Å². The zero-order chi connectivity index (χ0) is 22.8. The van der Waals surface area contributed by atoms with Crippen molar-refractivity contribution < 1.29 is 32.9 Å². The smallest absolute Gasteiger partial charge is 0.310 e. The van der Waals surface area contributed by atoms with Crippen LogP contribution in [0.25, 0.3) is 0 Å². The summed E-state index contributed by atoms with van der Waals surface area (Å²) in [7, 11) is 0. The number of hydrogen-bond acceptors (Lipinski definition) is 7. The predicted molar refractivity (Wildman–Crippen MR) is 118 cm³/mol. The van der Waals surface area contributed by atoms with Gasteiger partial charge in [0.2, 0.25) is 13.6 Å². The summed E-state index contributed by atoms with van der Waals surface area (Å²) in [5, 5.41) is 3.52. The number of benzene rings is 3. The summed E-state index contributed by atoms with van der Waals surface area (Å²) in [5.74, 6) is 1.31. The molecule has 4 atom stereocenters. The number of cyclic esters (lactones) is 1. The van der Waals surface area contributed by atoms with Gasteiger partial charge >= 0.3 is 5.97 Å². The van der Waals surface area contributed by atoms with E-state index in [-0.39, 0.29) is 49.9 Å². The number of halogens is 1.